The van der Waals surface area contributed by atoms with Gasteiger partial charge in [0.05, 0.1) is 32.5 Å². The van der Waals surface area contributed by atoms with Crippen LogP contribution in [0.15, 0.2) is 0 Å². The first-order valence-corrected chi connectivity index (χ1v) is 6.81. The van der Waals surface area contributed by atoms with E-state index in [1.165, 1.54) is 0 Å². The standard InChI is InChI=1S/C12H22O9/c13-6-3-20-7(10(16)9(6)15)4-19-1-5-2-21-12(18)11(17)8(5)14/h5-18H,1-4H2. The Morgan fingerprint density at radius 3 is 2.19 bits per heavy atom. The van der Waals surface area contributed by atoms with Crippen LogP contribution in [0.25, 0.3) is 0 Å². The molecular formula is C12H22O9. The number of aliphatic hydroxyl groups is 6. The number of rotatable bonds is 4. The number of hydrogen-bond donors (Lipinski definition) is 6. The van der Waals surface area contributed by atoms with Gasteiger partial charge in [-0.1, -0.05) is 0 Å². The van der Waals surface area contributed by atoms with Crippen LogP contribution in [0.2, 0.25) is 0 Å². The van der Waals surface area contributed by atoms with Gasteiger partial charge in [-0.25, -0.2) is 0 Å². The van der Waals surface area contributed by atoms with Gasteiger partial charge in [-0.3, -0.25) is 0 Å². The van der Waals surface area contributed by atoms with Gasteiger partial charge < -0.3 is 44.8 Å². The Balaban J connectivity index is 1.74. The van der Waals surface area contributed by atoms with Crippen LogP contribution in [0.5, 0.6) is 0 Å². The highest BCUT2D eigenvalue weighted by atomic mass is 16.6. The van der Waals surface area contributed by atoms with Crippen molar-refractivity contribution >= 4 is 0 Å². The summed E-state index contributed by atoms with van der Waals surface area (Å²) in [4.78, 5) is 0. The molecule has 124 valence electrons. The molecule has 0 saturated carbocycles. The third-order valence-electron chi connectivity index (χ3n) is 3.83. The van der Waals surface area contributed by atoms with Crippen molar-refractivity contribution in [3.8, 4) is 0 Å². The van der Waals surface area contributed by atoms with Gasteiger partial charge >= 0.3 is 0 Å². The minimum atomic E-state index is -1.42. The van der Waals surface area contributed by atoms with Crippen molar-refractivity contribution in [2.75, 3.05) is 26.4 Å². The fraction of sp³-hybridized carbons (Fsp3) is 1.00. The summed E-state index contributed by atoms with van der Waals surface area (Å²) in [6.07, 6.45) is -8.50. The second-order valence-electron chi connectivity index (χ2n) is 5.42. The lowest BCUT2D eigenvalue weighted by atomic mass is 9.96. The quantitative estimate of drug-likeness (QED) is 0.307. The molecule has 0 aliphatic carbocycles. The number of aliphatic hydroxyl groups excluding tert-OH is 6. The molecule has 0 aromatic carbocycles. The minimum Gasteiger partial charge on any atom is -0.390 e. The molecule has 0 bridgehead atoms. The third-order valence-corrected chi connectivity index (χ3v) is 3.83. The Bertz CT molecular complexity index is 298. The third kappa shape index (κ3) is 3.89. The molecule has 0 radical (unpaired) electrons. The molecule has 6 N–H and O–H groups in total. The summed E-state index contributed by atoms with van der Waals surface area (Å²) in [6, 6.07) is 0. The largest absolute Gasteiger partial charge is 0.390 e. The number of ether oxygens (including phenoxy) is 3. The summed E-state index contributed by atoms with van der Waals surface area (Å²) < 4.78 is 15.3. The van der Waals surface area contributed by atoms with Gasteiger partial charge in [-0.05, 0) is 0 Å². The van der Waals surface area contributed by atoms with E-state index in [2.05, 4.69) is 0 Å². The molecule has 9 heteroatoms. The van der Waals surface area contributed by atoms with Crippen LogP contribution in [0.4, 0.5) is 0 Å². The molecule has 8 atom stereocenters. The molecule has 2 rings (SSSR count). The van der Waals surface area contributed by atoms with E-state index in [1.54, 1.807) is 0 Å². The monoisotopic (exact) mass is 310 g/mol. The maximum atomic E-state index is 9.75. The molecule has 8 unspecified atom stereocenters. The van der Waals surface area contributed by atoms with Crippen LogP contribution < -0.4 is 0 Å². The van der Waals surface area contributed by atoms with Gasteiger partial charge in [-0.2, -0.15) is 0 Å². The summed E-state index contributed by atoms with van der Waals surface area (Å²) in [5.41, 5.74) is 0. The zero-order valence-electron chi connectivity index (χ0n) is 11.4. The van der Waals surface area contributed by atoms with Crippen LogP contribution in [0.1, 0.15) is 0 Å². The van der Waals surface area contributed by atoms with Gasteiger partial charge in [-0.15, -0.1) is 0 Å². The molecule has 0 spiro atoms. The maximum absolute atomic E-state index is 9.75. The van der Waals surface area contributed by atoms with Crippen molar-refractivity contribution in [1.82, 2.24) is 0 Å². The predicted molar refractivity (Wildman–Crippen MR) is 66.0 cm³/mol. The summed E-state index contributed by atoms with van der Waals surface area (Å²) in [5.74, 6) is -0.528. The normalized spacial score (nSPS) is 48.3. The predicted octanol–water partition coefficient (Wildman–Crippen LogP) is -3.83. The molecule has 2 heterocycles. The molecule has 2 fully saturated rings. The summed E-state index contributed by atoms with van der Waals surface area (Å²) in [6.45, 7) is -0.107. The van der Waals surface area contributed by atoms with Crippen LogP contribution in [-0.2, 0) is 14.2 Å². The lowest BCUT2D eigenvalue weighted by molar-refractivity contribution is -0.247. The molecule has 0 amide bonds. The first kappa shape index (κ1) is 17.0. The zero-order valence-corrected chi connectivity index (χ0v) is 11.4. The van der Waals surface area contributed by atoms with E-state index < -0.39 is 48.8 Å². The van der Waals surface area contributed by atoms with E-state index in [9.17, 15) is 30.6 Å². The Labute approximate surface area is 121 Å². The van der Waals surface area contributed by atoms with Crippen LogP contribution >= 0.6 is 0 Å². The van der Waals surface area contributed by atoms with Crippen molar-refractivity contribution in [1.29, 1.82) is 0 Å². The topological polar surface area (TPSA) is 149 Å². The molecule has 0 aromatic heterocycles. The fourth-order valence-corrected chi connectivity index (χ4v) is 2.36. The van der Waals surface area contributed by atoms with E-state index in [-0.39, 0.29) is 26.4 Å². The average molecular weight is 310 g/mol. The van der Waals surface area contributed by atoms with E-state index in [0.29, 0.717) is 0 Å². The molecule has 9 nitrogen and oxygen atoms in total. The molecule has 2 saturated heterocycles. The second-order valence-corrected chi connectivity index (χ2v) is 5.42. The van der Waals surface area contributed by atoms with Crippen LogP contribution in [0.3, 0.4) is 0 Å². The van der Waals surface area contributed by atoms with Gasteiger partial charge in [0.15, 0.2) is 6.29 Å². The number of hydrogen-bond acceptors (Lipinski definition) is 9. The summed E-state index contributed by atoms with van der Waals surface area (Å²) >= 11 is 0. The van der Waals surface area contributed by atoms with Crippen molar-refractivity contribution in [3.05, 3.63) is 0 Å². The van der Waals surface area contributed by atoms with Gasteiger partial charge in [0.25, 0.3) is 0 Å². The summed E-state index contributed by atoms with van der Waals surface area (Å²) in [5, 5.41) is 57.0. The Kier molecular flexibility index (Phi) is 5.88. The smallest absolute Gasteiger partial charge is 0.183 e. The average Bonchev–Trinajstić information content (AvgIpc) is 2.47. The Morgan fingerprint density at radius 2 is 1.48 bits per heavy atom. The van der Waals surface area contributed by atoms with Crippen molar-refractivity contribution < 1.29 is 44.8 Å². The second kappa shape index (κ2) is 7.27. The zero-order chi connectivity index (χ0) is 15.6. The minimum absolute atomic E-state index is 0.0226. The molecular weight excluding hydrogens is 288 g/mol. The highest BCUT2D eigenvalue weighted by Crippen LogP contribution is 2.20. The molecule has 0 aromatic rings. The Hall–Kier alpha value is -0.360. The van der Waals surface area contributed by atoms with Gasteiger partial charge in [0.2, 0.25) is 0 Å². The van der Waals surface area contributed by atoms with Gasteiger partial charge in [0, 0.05) is 5.92 Å². The molecule has 21 heavy (non-hydrogen) atoms. The van der Waals surface area contributed by atoms with E-state index in [4.69, 9.17) is 14.2 Å². The van der Waals surface area contributed by atoms with E-state index in [1.807, 2.05) is 0 Å². The lowest BCUT2D eigenvalue weighted by Crippen LogP contribution is -2.55. The van der Waals surface area contributed by atoms with Crippen LogP contribution in [-0.4, -0.2) is 100.0 Å². The highest BCUT2D eigenvalue weighted by molar-refractivity contribution is 4.87. The fourth-order valence-electron chi connectivity index (χ4n) is 2.36. The van der Waals surface area contributed by atoms with Crippen molar-refractivity contribution in [2.45, 2.75) is 42.9 Å². The lowest BCUT2D eigenvalue weighted by Gasteiger charge is -2.37. The van der Waals surface area contributed by atoms with Crippen molar-refractivity contribution in [2.24, 2.45) is 5.92 Å². The first-order chi connectivity index (χ1) is 9.91. The summed E-state index contributed by atoms with van der Waals surface area (Å²) in [7, 11) is 0. The van der Waals surface area contributed by atoms with Crippen molar-refractivity contribution in [3.63, 3.8) is 0 Å². The van der Waals surface area contributed by atoms with Crippen LogP contribution in [0, 0.1) is 5.92 Å². The SMILES string of the molecule is OC1COC(COCC2COC(O)C(O)C2O)C(O)C1O. The maximum Gasteiger partial charge on any atom is 0.183 e. The van der Waals surface area contributed by atoms with Gasteiger partial charge in [0.1, 0.15) is 30.5 Å². The first-order valence-electron chi connectivity index (χ1n) is 6.81. The highest BCUT2D eigenvalue weighted by Gasteiger charge is 2.39. The van der Waals surface area contributed by atoms with E-state index in [0.717, 1.165) is 0 Å². The Morgan fingerprint density at radius 1 is 0.762 bits per heavy atom. The molecule has 2 aliphatic rings. The molecule has 2 aliphatic heterocycles. The van der Waals surface area contributed by atoms with E-state index >= 15 is 0 Å².